The van der Waals surface area contributed by atoms with Crippen molar-refractivity contribution in [2.75, 3.05) is 12.3 Å². The molecule has 0 aliphatic carbocycles. The molecule has 0 fully saturated rings. The maximum Gasteiger partial charge on any atom is 0.433 e. The molecule has 2 aromatic rings. The number of para-hydroxylation sites is 1. The minimum absolute atomic E-state index is 0.00167. The van der Waals surface area contributed by atoms with Crippen molar-refractivity contribution < 1.29 is 23.0 Å². The van der Waals surface area contributed by atoms with Gasteiger partial charge in [-0.2, -0.15) is 13.2 Å². The molecule has 0 unspecified atom stereocenters. The molecule has 1 aromatic carbocycles. The summed E-state index contributed by atoms with van der Waals surface area (Å²) >= 11 is 0. The van der Waals surface area contributed by atoms with Crippen LogP contribution in [0.1, 0.15) is 11.3 Å². The number of hydrogen-bond donors (Lipinski definition) is 2. The Morgan fingerprint density at radius 1 is 1.19 bits per heavy atom. The number of aliphatic hydroxyl groups is 1. The fourth-order valence-electron chi connectivity index (χ4n) is 1.74. The van der Waals surface area contributed by atoms with Gasteiger partial charge in [0.25, 0.3) is 0 Å². The highest BCUT2D eigenvalue weighted by Gasteiger charge is 2.33. The number of alkyl halides is 3. The molecule has 0 bridgehead atoms. The molecule has 1 aromatic heterocycles. The summed E-state index contributed by atoms with van der Waals surface area (Å²) in [5, 5.41) is 8.98. The largest absolute Gasteiger partial charge is 0.455 e. The molecule has 0 saturated heterocycles. The highest BCUT2D eigenvalue weighted by Crippen LogP contribution is 2.35. The number of benzene rings is 1. The fourth-order valence-corrected chi connectivity index (χ4v) is 1.74. The highest BCUT2D eigenvalue weighted by atomic mass is 19.4. The van der Waals surface area contributed by atoms with Crippen molar-refractivity contribution in [2.24, 2.45) is 0 Å². The van der Waals surface area contributed by atoms with Gasteiger partial charge in [-0.1, -0.05) is 18.2 Å². The first kappa shape index (κ1) is 15.1. The third-order valence-corrected chi connectivity index (χ3v) is 2.76. The molecule has 0 aliphatic rings. The first-order valence-electron chi connectivity index (χ1n) is 6.11. The number of nitrogen functional groups attached to an aromatic ring is 1. The van der Waals surface area contributed by atoms with E-state index < -0.39 is 11.9 Å². The minimum Gasteiger partial charge on any atom is -0.455 e. The monoisotopic (exact) mass is 298 g/mol. The lowest BCUT2D eigenvalue weighted by molar-refractivity contribution is -0.141. The third-order valence-electron chi connectivity index (χ3n) is 2.76. The second-order valence-corrected chi connectivity index (χ2v) is 4.29. The van der Waals surface area contributed by atoms with Crippen molar-refractivity contribution in [3.63, 3.8) is 0 Å². The van der Waals surface area contributed by atoms with Crippen molar-refractivity contribution in [1.29, 1.82) is 0 Å². The summed E-state index contributed by atoms with van der Waals surface area (Å²) in [5.41, 5.74) is 5.20. The van der Waals surface area contributed by atoms with Crippen LogP contribution >= 0.6 is 0 Å². The molecular formula is C14H13F3N2O2. The molecule has 3 N–H and O–H groups in total. The van der Waals surface area contributed by atoms with Crippen LogP contribution in [0.2, 0.25) is 0 Å². The van der Waals surface area contributed by atoms with E-state index in [0.29, 0.717) is 17.7 Å². The fraction of sp³-hybridized carbons (Fsp3) is 0.214. The summed E-state index contributed by atoms with van der Waals surface area (Å²) in [6.07, 6.45) is -3.34. The summed E-state index contributed by atoms with van der Waals surface area (Å²) in [4.78, 5) is 3.24. The Kier molecular flexibility index (Phi) is 4.32. The molecule has 0 radical (unpaired) electrons. The van der Waals surface area contributed by atoms with Gasteiger partial charge in [0.05, 0.1) is 11.9 Å². The molecule has 4 nitrogen and oxygen atoms in total. The lowest BCUT2D eigenvalue weighted by Crippen LogP contribution is -2.09. The topological polar surface area (TPSA) is 68.4 Å². The second kappa shape index (κ2) is 6.01. The van der Waals surface area contributed by atoms with Crippen LogP contribution in [-0.4, -0.2) is 16.7 Å². The Morgan fingerprint density at radius 3 is 2.57 bits per heavy atom. The number of aromatic nitrogens is 1. The Morgan fingerprint density at radius 2 is 1.90 bits per heavy atom. The van der Waals surface area contributed by atoms with E-state index in [1.807, 2.05) is 0 Å². The standard InChI is InChI=1S/C14H13F3N2O2/c15-14(16,17)13-7-12(10(18)8-19-13)21-11-4-2-1-3-9(11)5-6-20/h1-4,7-8,20H,5-6,18H2. The molecule has 0 aliphatic heterocycles. The van der Waals surface area contributed by atoms with Gasteiger partial charge in [-0.3, -0.25) is 0 Å². The lowest BCUT2D eigenvalue weighted by atomic mass is 10.1. The van der Waals surface area contributed by atoms with Crippen molar-refractivity contribution in [2.45, 2.75) is 12.6 Å². The van der Waals surface area contributed by atoms with E-state index in [1.165, 1.54) is 0 Å². The van der Waals surface area contributed by atoms with Gasteiger partial charge in [0.1, 0.15) is 11.4 Å². The van der Waals surface area contributed by atoms with E-state index in [2.05, 4.69) is 4.98 Å². The molecule has 21 heavy (non-hydrogen) atoms. The first-order valence-corrected chi connectivity index (χ1v) is 6.11. The quantitative estimate of drug-likeness (QED) is 0.910. The average Bonchev–Trinajstić information content (AvgIpc) is 2.42. The number of nitrogens with zero attached hydrogens (tertiary/aromatic N) is 1. The molecular weight excluding hydrogens is 285 g/mol. The number of anilines is 1. The van der Waals surface area contributed by atoms with Crippen LogP contribution in [0.4, 0.5) is 18.9 Å². The Balaban J connectivity index is 2.35. The molecule has 2 rings (SSSR count). The number of pyridine rings is 1. The van der Waals surface area contributed by atoms with Crippen LogP contribution in [0.25, 0.3) is 0 Å². The van der Waals surface area contributed by atoms with E-state index in [9.17, 15) is 13.2 Å². The van der Waals surface area contributed by atoms with Crippen LogP contribution in [0, 0.1) is 0 Å². The van der Waals surface area contributed by atoms with Crippen LogP contribution in [0.15, 0.2) is 36.5 Å². The summed E-state index contributed by atoms with van der Waals surface area (Å²) in [6.45, 7) is -0.0972. The second-order valence-electron chi connectivity index (χ2n) is 4.29. The number of ether oxygens (including phenoxy) is 1. The van der Waals surface area contributed by atoms with Crippen LogP contribution < -0.4 is 10.5 Å². The maximum absolute atomic E-state index is 12.6. The van der Waals surface area contributed by atoms with Crippen molar-refractivity contribution in [3.05, 3.63) is 47.8 Å². The van der Waals surface area contributed by atoms with Crippen LogP contribution in [0.3, 0.4) is 0 Å². The molecule has 1 heterocycles. The maximum atomic E-state index is 12.6. The highest BCUT2D eigenvalue weighted by molar-refractivity contribution is 5.54. The Bertz CT molecular complexity index is 630. The van der Waals surface area contributed by atoms with E-state index in [-0.39, 0.29) is 18.0 Å². The normalized spacial score (nSPS) is 11.4. The molecule has 112 valence electrons. The van der Waals surface area contributed by atoms with Gasteiger partial charge in [-0.15, -0.1) is 0 Å². The van der Waals surface area contributed by atoms with Gasteiger partial charge in [-0.05, 0) is 18.1 Å². The molecule has 0 atom stereocenters. The predicted octanol–water partition coefficient (Wildman–Crippen LogP) is 3.01. The SMILES string of the molecule is Nc1cnc(C(F)(F)F)cc1Oc1ccccc1CCO. The zero-order chi connectivity index (χ0) is 15.5. The number of hydrogen-bond acceptors (Lipinski definition) is 4. The molecule has 7 heteroatoms. The molecule has 0 spiro atoms. The number of halogens is 3. The Labute approximate surface area is 119 Å². The van der Waals surface area contributed by atoms with Crippen LogP contribution in [-0.2, 0) is 12.6 Å². The number of nitrogens with two attached hydrogens (primary N) is 1. The van der Waals surface area contributed by atoms with Gasteiger partial charge in [0, 0.05) is 12.7 Å². The van der Waals surface area contributed by atoms with Gasteiger partial charge in [0.2, 0.25) is 0 Å². The Hall–Kier alpha value is -2.28. The zero-order valence-corrected chi connectivity index (χ0v) is 10.9. The summed E-state index contributed by atoms with van der Waals surface area (Å²) in [6, 6.07) is 7.49. The summed E-state index contributed by atoms with van der Waals surface area (Å²) < 4.78 is 43.4. The minimum atomic E-state index is -4.57. The van der Waals surface area contributed by atoms with E-state index in [4.69, 9.17) is 15.6 Å². The average molecular weight is 298 g/mol. The van der Waals surface area contributed by atoms with Gasteiger partial charge < -0.3 is 15.6 Å². The zero-order valence-electron chi connectivity index (χ0n) is 10.9. The van der Waals surface area contributed by atoms with Crippen LogP contribution in [0.5, 0.6) is 11.5 Å². The smallest absolute Gasteiger partial charge is 0.433 e. The summed E-state index contributed by atoms with van der Waals surface area (Å²) in [7, 11) is 0. The van der Waals surface area contributed by atoms with Crippen molar-refractivity contribution in [1.82, 2.24) is 4.98 Å². The molecule has 0 amide bonds. The van der Waals surface area contributed by atoms with E-state index in [1.54, 1.807) is 24.3 Å². The van der Waals surface area contributed by atoms with Gasteiger partial charge in [0.15, 0.2) is 5.75 Å². The predicted molar refractivity (Wildman–Crippen MR) is 71.0 cm³/mol. The molecule has 0 saturated carbocycles. The van der Waals surface area contributed by atoms with Crippen molar-refractivity contribution in [3.8, 4) is 11.5 Å². The van der Waals surface area contributed by atoms with Gasteiger partial charge in [-0.25, -0.2) is 4.98 Å². The van der Waals surface area contributed by atoms with E-state index in [0.717, 1.165) is 12.3 Å². The number of rotatable bonds is 4. The lowest BCUT2D eigenvalue weighted by Gasteiger charge is -2.13. The first-order chi connectivity index (χ1) is 9.91. The third kappa shape index (κ3) is 3.63. The van der Waals surface area contributed by atoms with Gasteiger partial charge >= 0.3 is 6.18 Å². The summed E-state index contributed by atoms with van der Waals surface area (Å²) in [5.74, 6) is 0.222. The van der Waals surface area contributed by atoms with E-state index >= 15 is 0 Å². The van der Waals surface area contributed by atoms with Crippen molar-refractivity contribution >= 4 is 5.69 Å². The number of aliphatic hydroxyl groups excluding tert-OH is 1.